The third-order valence-corrected chi connectivity index (χ3v) is 5.71. The summed E-state index contributed by atoms with van der Waals surface area (Å²) in [5.74, 6) is -0.514. The van der Waals surface area contributed by atoms with Gasteiger partial charge in [-0.3, -0.25) is 10.1 Å². The van der Waals surface area contributed by atoms with E-state index in [0.717, 1.165) is 5.56 Å². The molecule has 0 spiro atoms. The van der Waals surface area contributed by atoms with Gasteiger partial charge in [-0.05, 0) is 38.5 Å². The molecular weight excluding hydrogens is 356 g/mol. The van der Waals surface area contributed by atoms with Crippen LogP contribution in [-0.2, 0) is 14.8 Å². The third-order valence-electron chi connectivity index (χ3n) is 3.66. The van der Waals surface area contributed by atoms with Crippen molar-refractivity contribution in [3.63, 3.8) is 0 Å². The number of amides is 3. The fourth-order valence-electron chi connectivity index (χ4n) is 2.31. The molecule has 0 saturated carbocycles. The second-order valence-electron chi connectivity index (χ2n) is 6.10. The smallest absolute Gasteiger partial charge is 0.321 e. The van der Waals surface area contributed by atoms with Crippen molar-refractivity contribution in [1.82, 2.24) is 14.9 Å². The monoisotopic (exact) mass is 384 g/mol. The lowest BCUT2D eigenvalue weighted by Crippen LogP contribution is -2.44. The summed E-state index contributed by atoms with van der Waals surface area (Å²) in [6, 6.07) is 4.08. The molecule has 0 fully saturated rings. The molecule has 0 unspecified atom stereocenters. The first-order valence-corrected chi connectivity index (χ1v) is 10.0. The Balaban J connectivity index is 2.86. The Morgan fingerprint density at radius 2 is 1.77 bits per heavy atom. The zero-order valence-corrected chi connectivity index (χ0v) is 16.7. The molecule has 0 aromatic heterocycles. The van der Waals surface area contributed by atoms with Crippen molar-refractivity contribution < 1.29 is 18.0 Å². The van der Waals surface area contributed by atoms with Crippen molar-refractivity contribution in [3.05, 3.63) is 23.8 Å². The Labute approximate surface area is 155 Å². The number of imide groups is 1. The van der Waals surface area contributed by atoms with E-state index < -0.39 is 22.0 Å². The highest BCUT2D eigenvalue weighted by Crippen LogP contribution is 2.22. The number of benzene rings is 1. The number of anilines is 1. The highest BCUT2D eigenvalue weighted by Gasteiger charge is 2.22. The van der Waals surface area contributed by atoms with Crippen molar-refractivity contribution in [2.75, 3.05) is 25.0 Å². The van der Waals surface area contributed by atoms with Crippen LogP contribution in [0.2, 0.25) is 0 Å². The van der Waals surface area contributed by atoms with Crippen molar-refractivity contribution in [1.29, 1.82) is 0 Å². The first-order chi connectivity index (χ1) is 12.1. The van der Waals surface area contributed by atoms with Crippen LogP contribution in [0.3, 0.4) is 0 Å². The van der Waals surface area contributed by atoms with Crippen molar-refractivity contribution >= 4 is 27.6 Å². The molecule has 9 heteroatoms. The number of hydrogen-bond acceptors (Lipinski definition) is 5. The molecule has 8 nitrogen and oxygen atoms in total. The van der Waals surface area contributed by atoms with Gasteiger partial charge in [0.2, 0.25) is 15.9 Å². The van der Waals surface area contributed by atoms with Crippen LogP contribution in [0.1, 0.15) is 33.3 Å². The number of rotatable bonds is 8. The van der Waals surface area contributed by atoms with Crippen LogP contribution in [0.4, 0.5) is 10.5 Å². The third kappa shape index (κ3) is 5.99. The standard InChI is InChI=1S/C17H28N4O4S/c1-6-21(7-2)26(24,25)14-9-8-13(5)15(10-14)18-11-16(22)20-17(23)19-12(3)4/h8-10,12,18H,6-7,11H2,1-5H3,(H2,19,20,22,23). The molecular formula is C17H28N4O4S. The highest BCUT2D eigenvalue weighted by molar-refractivity contribution is 7.89. The van der Waals surface area contributed by atoms with Gasteiger partial charge in [0, 0.05) is 24.8 Å². The van der Waals surface area contributed by atoms with Gasteiger partial charge < -0.3 is 10.6 Å². The first kappa shape index (κ1) is 21.9. The number of aryl methyl sites for hydroxylation is 1. The summed E-state index contributed by atoms with van der Waals surface area (Å²) in [5, 5.41) is 7.64. The maximum absolute atomic E-state index is 12.6. The van der Waals surface area contributed by atoms with Crippen LogP contribution >= 0.6 is 0 Å². The fourth-order valence-corrected chi connectivity index (χ4v) is 3.79. The molecule has 1 rings (SSSR count). The van der Waals surface area contributed by atoms with E-state index in [1.807, 2.05) is 0 Å². The van der Waals surface area contributed by atoms with E-state index in [1.165, 1.54) is 10.4 Å². The molecule has 26 heavy (non-hydrogen) atoms. The van der Waals surface area contributed by atoms with Gasteiger partial charge in [-0.1, -0.05) is 19.9 Å². The van der Waals surface area contributed by atoms with Crippen LogP contribution in [0.15, 0.2) is 23.1 Å². The average Bonchev–Trinajstić information content (AvgIpc) is 2.53. The topological polar surface area (TPSA) is 108 Å². The van der Waals surface area contributed by atoms with Crippen LogP contribution in [0, 0.1) is 6.92 Å². The van der Waals surface area contributed by atoms with Crippen LogP contribution < -0.4 is 16.0 Å². The number of carbonyl (C=O) groups excluding carboxylic acids is 2. The predicted octanol–water partition coefficient (Wildman–Crippen LogP) is 1.67. The summed E-state index contributed by atoms with van der Waals surface area (Å²) in [6.45, 7) is 9.54. The van der Waals surface area contributed by atoms with Crippen molar-refractivity contribution in [2.45, 2.75) is 45.6 Å². The highest BCUT2D eigenvalue weighted by atomic mass is 32.2. The van der Waals surface area contributed by atoms with E-state index in [-0.39, 0.29) is 17.5 Å². The Hall–Kier alpha value is -2.13. The van der Waals surface area contributed by atoms with Gasteiger partial charge in [0.15, 0.2) is 0 Å². The largest absolute Gasteiger partial charge is 0.376 e. The number of nitrogens with zero attached hydrogens (tertiary/aromatic N) is 1. The Bertz CT molecular complexity index is 743. The SMILES string of the molecule is CCN(CC)S(=O)(=O)c1ccc(C)c(NCC(=O)NC(=O)NC(C)C)c1. The molecule has 0 bridgehead atoms. The van der Waals surface area contributed by atoms with Gasteiger partial charge in [0.1, 0.15) is 0 Å². The second kappa shape index (κ2) is 9.54. The number of sulfonamides is 1. The molecule has 0 aliphatic heterocycles. The summed E-state index contributed by atoms with van der Waals surface area (Å²) < 4.78 is 26.6. The summed E-state index contributed by atoms with van der Waals surface area (Å²) in [5.41, 5.74) is 1.32. The molecule has 0 atom stereocenters. The minimum Gasteiger partial charge on any atom is -0.376 e. The quantitative estimate of drug-likeness (QED) is 0.632. The minimum absolute atomic E-state index is 0.0834. The summed E-state index contributed by atoms with van der Waals surface area (Å²) in [4.78, 5) is 23.5. The average molecular weight is 385 g/mol. The van der Waals surface area contributed by atoms with Gasteiger partial charge in [-0.15, -0.1) is 0 Å². The Morgan fingerprint density at radius 1 is 1.15 bits per heavy atom. The lowest BCUT2D eigenvalue weighted by atomic mass is 10.2. The molecule has 146 valence electrons. The van der Waals surface area contributed by atoms with Gasteiger partial charge in [-0.25, -0.2) is 13.2 Å². The van der Waals surface area contributed by atoms with E-state index in [1.54, 1.807) is 46.8 Å². The summed E-state index contributed by atoms with van der Waals surface area (Å²) in [6.07, 6.45) is 0. The molecule has 1 aromatic carbocycles. The molecule has 0 radical (unpaired) electrons. The molecule has 0 saturated heterocycles. The maximum Gasteiger partial charge on any atom is 0.321 e. The van der Waals surface area contributed by atoms with E-state index in [0.29, 0.717) is 18.8 Å². The van der Waals surface area contributed by atoms with E-state index >= 15 is 0 Å². The molecule has 3 N–H and O–H groups in total. The van der Waals surface area contributed by atoms with Gasteiger partial charge in [0.05, 0.1) is 11.4 Å². The first-order valence-electron chi connectivity index (χ1n) is 8.56. The zero-order valence-electron chi connectivity index (χ0n) is 15.9. The normalized spacial score (nSPS) is 11.5. The number of carbonyl (C=O) groups is 2. The minimum atomic E-state index is -3.58. The van der Waals surface area contributed by atoms with Crippen molar-refractivity contribution in [2.24, 2.45) is 0 Å². The van der Waals surface area contributed by atoms with E-state index in [4.69, 9.17) is 0 Å². The van der Waals surface area contributed by atoms with Gasteiger partial charge >= 0.3 is 6.03 Å². The number of nitrogens with one attached hydrogen (secondary N) is 3. The van der Waals surface area contributed by atoms with Crippen LogP contribution in [0.5, 0.6) is 0 Å². The number of urea groups is 1. The van der Waals surface area contributed by atoms with Gasteiger partial charge in [0.25, 0.3) is 0 Å². The summed E-state index contributed by atoms with van der Waals surface area (Å²) >= 11 is 0. The summed E-state index contributed by atoms with van der Waals surface area (Å²) in [7, 11) is -3.58. The maximum atomic E-state index is 12.6. The molecule has 0 heterocycles. The molecule has 3 amide bonds. The van der Waals surface area contributed by atoms with Gasteiger partial charge in [-0.2, -0.15) is 4.31 Å². The lowest BCUT2D eigenvalue weighted by Gasteiger charge is -2.19. The Kier molecular flexibility index (Phi) is 8.04. The zero-order chi connectivity index (χ0) is 19.9. The van der Waals surface area contributed by atoms with E-state index in [9.17, 15) is 18.0 Å². The van der Waals surface area contributed by atoms with Crippen LogP contribution in [-0.4, -0.2) is 50.3 Å². The lowest BCUT2D eigenvalue weighted by molar-refractivity contribution is -0.118. The Morgan fingerprint density at radius 3 is 2.31 bits per heavy atom. The van der Waals surface area contributed by atoms with Crippen molar-refractivity contribution in [3.8, 4) is 0 Å². The number of hydrogen-bond donors (Lipinski definition) is 3. The van der Waals surface area contributed by atoms with E-state index in [2.05, 4.69) is 16.0 Å². The molecule has 1 aromatic rings. The molecule has 0 aliphatic carbocycles. The van der Waals surface area contributed by atoms with Crippen LogP contribution in [0.25, 0.3) is 0 Å². The molecule has 0 aliphatic rings. The fraction of sp³-hybridized carbons (Fsp3) is 0.529. The predicted molar refractivity (Wildman–Crippen MR) is 102 cm³/mol. The second-order valence-corrected chi connectivity index (χ2v) is 8.03.